The number of ketones is 1. The van der Waals surface area contributed by atoms with E-state index in [4.69, 9.17) is 0 Å². The molecule has 1 heteroatoms. The highest BCUT2D eigenvalue weighted by molar-refractivity contribution is 6.04. The standard InChI is InChI=1S/C19H24O/c1-10-8-11(2)17(12(3)9-10)19(20)18-15(6)13(4)14(5)16(18)7/h8-9,18H,1-7H3. The molecule has 0 radical (unpaired) electrons. The van der Waals surface area contributed by atoms with Crippen molar-refractivity contribution in [2.24, 2.45) is 5.92 Å². The normalized spacial score (nSPS) is 16.4. The third-order valence-electron chi connectivity index (χ3n) is 4.80. The molecular weight excluding hydrogens is 244 g/mol. The lowest BCUT2D eigenvalue weighted by Gasteiger charge is -2.18. The molecule has 0 fully saturated rings. The Bertz CT molecular complexity index is 609. The van der Waals surface area contributed by atoms with Crippen LogP contribution in [0.4, 0.5) is 0 Å². The van der Waals surface area contributed by atoms with Crippen molar-refractivity contribution >= 4 is 5.78 Å². The first kappa shape index (κ1) is 14.8. The number of rotatable bonds is 2. The van der Waals surface area contributed by atoms with E-state index in [0.717, 1.165) is 16.7 Å². The van der Waals surface area contributed by atoms with Crippen molar-refractivity contribution in [1.82, 2.24) is 0 Å². The minimum absolute atomic E-state index is 0.0601. The van der Waals surface area contributed by atoms with Crippen LogP contribution in [0.25, 0.3) is 0 Å². The smallest absolute Gasteiger partial charge is 0.174 e. The van der Waals surface area contributed by atoms with Gasteiger partial charge in [-0.05, 0) is 70.7 Å². The summed E-state index contributed by atoms with van der Waals surface area (Å²) in [6.45, 7) is 14.6. The molecule has 106 valence electrons. The number of hydrogen-bond donors (Lipinski definition) is 0. The van der Waals surface area contributed by atoms with Gasteiger partial charge in [0.15, 0.2) is 5.78 Å². The average molecular weight is 268 g/mol. The Kier molecular flexibility index (Phi) is 3.73. The van der Waals surface area contributed by atoms with Crippen LogP contribution in [0.2, 0.25) is 0 Å². The maximum absolute atomic E-state index is 13.0. The lowest BCUT2D eigenvalue weighted by Crippen LogP contribution is -2.18. The van der Waals surface area contributed by atoms with Crippen LogP contribution in [0.1, 0.15) is 54.7 Å². The van der Waals surface area contributed by atoms with Crippen LogP contribution in [0.15, 0.2) is 34.4 Å². The van der Waals surface area contributed by atoms with Crippen LogP contribution in [0.5, 0.6) is 0 Å². The molecule has 0 N–H and O–H groups in total. The molecular formula is C19H24O. The minimum atomic E-state index is -0.0601. The summed E-state index contributed by atoms with van der Waals surface area (Å²) in [5.41, 5.74) is 9.29. The van der Waals surface area contributed by atoms with Crippen LogP contribution in [-0.4, -0.2) is 5.78 Å². The highest BCUT2D eigenvalue weighted by atomic mass is 16.1. The summed E-state index contributed by atoms with van der Waals surface area (Å²) in [6.07, 6.45) is 0. The van der Waals surface area contributed by atoms with Crippen LogP contribution < -0.4 is 0 Å². The average Bonchev–Trinajstić information content (AvgIpc) is 2.52. The fraction of sp³-hybridized carbons (Fsp3) is 0.421. The monoisotopic (exact) mass is 268 g/mol. The lowest BCUT2D eigenvalue weighted by molar-refractivity contribution is 0.0956. The Morgan fingerprint density at radius 2 is 1.20 bits per heavy atom. The highest BCUT2D eigenvalue weighted by Gasteiger charge is 2.32. The molecule has 1 nitrogen and oxygen atoms in total. The first-order chi connectivity index (χ1) is 9.25. The fourth-order valence-corrected chi connectivity index (χ4v) is 3.46. The molecule has 20 heavy (non-hydrogen) atoms. The summed E-state index contributed by atoms with van der Waals surface area (Å²) in [5.74, 6) is 0.196. The summed E-state index contributed by atoms with van der Waals surface area (Å²) in [6, 6.07) is 4.21. The molecule has 1 aromatic carbocycles. The SMILES string of the molecule is CC1=C(C)C(C(=O)c2c(C)cc(C)cc2C)C(C)=C1C. The topological polar surface area (TPSA) is 17.1 Å². The van der Waals surface area contributed by atoms with Gasteiger partial charge in [0.1, 0.15) is 0 Å². The Morgan fingerprint density at radius 3 is 1.60 bits per heavy atom. The second kappa shape index (κ2) is 5.05. The first-order valence-electron chi connectivity index (χ1n) is 7.22. The maximum atomic E-state index is 13.0. The summed E-state index contributed by atoms with van der Waals surface area (Å²) in [5, 5.41) is 0. The summed E-state index contributed by atoms with van der Waals surface area (Å²) >= 11 is 0. The van der Waals surface area contributed by atoms with Crippen LogP contribution in [0, 0.1) is 26.7 Å². The van der Waals surface area contributed by atoms with Gasteiger partial charge in [0.25, 0.3) is 0 Å². The van der Waals surface area contributed by atoms with Crippen molar-refractivity contribution in [3.8, 4) is 0 Å². The zero-order valence-corrected chi connectivity index (χ0v) is 13.6. The van der Waals surface area contributed by atoms with Crippen molar-refractivity contribution in [3.63, 3.8) is 0 Å². The molecule has 0 unspecified atom stereocenters. The van der Waals surface area contributed by atoms with Crippen molar-refractivity contribution in [1.29, 1.82) is 0 Å². The van der Waals surface area contributed by atoms with E-state index in [2.05, 4.69) is 46.8 Å². The molecule has 0 aliphatic heterocycles. The van der Waals surface area contributed by atoms with Gasteiger partial charge in [0.05, 0.1) is 5.92 Å². The third-order valence-corrected chi connectivity index (χ3v) is 4.80. The predicted octanol–water partition coefficient (Wildman–Crippen LogP) is 5.10. The van der Waals surface area contributed by atoms with Crippen LogP contribution >= 0.6 is 0 Å². The molecule has 0 saturated heterocycles. The molecule has 2 rings (SSSR count). The summed E-state index contributed by atoms with van der Waals surface area (Å²) < 4.78 is 0. The lowest BCUT2D eigenvalue weighted by atomic mass is 9.84. The number of benzene rings is 1. The quantitative estimate of drug-likeness (QED) is 0.682. The molecule has 1 aliphatic carbocycles. The van der Waals surface area contributed by atoms with Crippen LogP contribution in [-0.2, 0) is 0 Å². The van der Waals surface area contributed by atoms with E-state index in [1.54, 1.807) is 0 Å². The van der Waals surface area contributed by atoms with E-state index in [9.17, 15) is 4.79 Å². The van der Waals surface area contributed by atoms with Gasteiger partial charge >= 0.3 is 0 Å². The Hall–Kier alpha value is -1.63. The third kappa shape index (κ3) is 2.15. The number of Topliss-reactive ketones (excluding diaryl/α,β-unsaturated/α-hetero) is 1. The molecule has 0 aromatic heterocycles. The molecule has 0 saturated carbocycles. The van der Waals surface area contributed by atoms with Gasteiger partial charge in [0, 0.05) is 5.56 Å². The van der Waals surface area contributed by atoms with Crippen molar-refractivity contribution in [2.45, 2.75) is 48.5 Å². The van der Waals surface area contributed by atoms with Gasteiger partial charge in [-0.2, -0.15) is 0 Å². The summed E-state index contributed by atoms with van der Waals surface area (Å²) in [7, 11) is 0. The number of carbonyl (C=O) groups is 1. The number of aryl methyl sites for hydroxylation is 3. The van der Waals surface area contributed by atoms with Crippen LogP contribution in [0.3, 0.4) is 0 Å². The van der Waals surface area contributed by atoms with Crippen molar-refractivity contribution in [3.05, 3.63) is 56.7 Å². The minimum Gasteiger partial charge on any atom is -0.293 e. The molecule has 0 heterocycles. The van der Waals surface area contributed by atoms with Gasteiger partial charge in [-0.25, -0.2) is 0 Å². The predicted molar refractivity (Wildman–Crippen MR) is 85.2 cm³/mol. The second-order valence-electron chi connectivity index (χ2n) is 6.19. The van der Waals surface area contributed by atoms with Gasteiger partial charge in [0.2, 0.25) is 0 Å². The van der Waals surface area contributed by atoms with E-state index < -0.39 is 0 Å². The van der Waals surface area contributed by atoms with Crippen molar-refractivity contribution < 1.29 is 4.79 Å². The van der Waals surface area contributed by atoms with Crippen molar-refractivity contribution in [2.75, 3.05) is 0 Å². The van der Waals surface area contributed by atoms with Gasteiger partial charge in [-0.3, -0.25) is 4.79 Å². The van der Waals surface area contributed by atoms with Gasteiger partial charge < -0.3 is 0 Å². The number of allylic oxidation sites excluding steroid dienone is 4. The Labute approximate surface area is 122 Å². The molecule has 1 aliphatic rings. The molecule has 1 aromatic rings. The van der Waals surface area contributed by atoms with Gasteiger partial charge in [-0.1, -0.05) is 28.8 Å². The zero-order valence-electron chi connectivity index (χ0n) is 13.6. The molecule has 0 spiro atoms. The maximum Gasteiger partial charge on any atom is 0.174 e. The van der Waals surface area contributed by atoms with E-state index in [0.29, 0.717) is 0 Å². The summed E-state index contributed by atoms with van der Waals surface area (Å²) in [4.78, 5) is 13.0. The van der Waals surface area contributed by atoms with Gasteiger partial charge in [-0.15, -0.1) is 0 Å². The Balaban J connectivity index is 2.55. The van der Waals surface area contributed by atoms with E-state index in [1.807, 2.05) is 13.8 Å². The van der Waals surface area contributed by atoms with E-state index >= 15 is 0 Å². The fourth-order valence-electron chi connectivity index (χ4n) is 3.46. The first-order valence-corrected chi connectivity index (χ1v) is 7.22. The largest absolute Gasteiger partial charge is 0.293 e. The zero-order chi connectivity index (χ0) is 15.2. The Morgan fingerprint density at radius 1 is 0.800 bits per heavy atom. The number of carbonyl (C=O) groups excluding carboxylic acids is 1. The highest BCUT2D eigenvalue weighted by Crippen LogP contribution is 2.39. The second-order valence-corrected chi connectivity index (χ2v) is 6.19. The van der Waals surface area contributed by atoms with E-state index in [-0.39, 0.29) is 11.7 Å². The molecule has 0 atom stereocenters. The van der Waals surface area contributed by atoms with E-state index in [1.165, 1.54) is 27.9 Å². The molecule has 0 amide bonds. The number of hydrogen-bond acceptors (Lipinski definition) is 1. The molecule has 0 bridgehead atoms.